The highest BCUT2D eigenvalue weighted by Crippen LogP contribution is 2.31. The minimum atomic E-state index is 0.378. The van der Waals surface area contributed by atoms with E-state index in [1.165, 1.54) is 44.1 Å². The fourth-order valence-electron chi connectivity index (χ4n) is 3.37. The molecule has 0 unspecified atom stereocenters. The maximum absolute atomic E-state index is 6.39. The van der Waals surface area contributed by atoms with Gasteiger partial charge >= 0.3 is 0 Å². The number of halogens is 1. The largest absolute Gasteiger partial charge is 0.489 e. The van der Waals surface area contributed by atoms with Gasteiger partial charge in [0, 0.05) is 0 Å². The van der Waals surface area contributed by atoms with Gasteiger partial charge in [0.1, 0.15) is 5.75 Å². The van der Waals surface area contributed by atoms with Crippen molar-refractivity contribution in [1.82, 2.24) is 5.32 Å². The van der Waals surface area contributed by atoms with Crippen molar-refractivity contribution in [1.29, 1.82) is 0 Å². The second-order valence-electron chi connectivity index (χ2n) is 6.19. The smallest absolute Gasteiger partial charge is 0.138 e. The van der Waals surface area contributed by atoms with Crippen molar-refractivity contribution in [2.75, 3.05) is 13.1 Å². The van der Waals surface area contributed by atoms with Gasteiger partial charge in [0.05, 0.1) is 11.1 Å². The van der Waals surface area contributed by atoms with Gasteiger partial charge in [-0.3, -0.25) is 0 Å². The van der Waals surface area contributed by atoms with E-state index in [1.807, 2.05) is 0 Å². The van der Waals surface area contributed by atoms with Crippen LogP contribution in [0.2, 0.25) is 5.02 Å². The van der Waals surface area contributed by atoms with Gasteiger partial charge in [-0.1, -0.05) is 17.7 Å². The highest BCUT2D eigenvalue weighted by molar-refractivity contribution is 6.32. The molecule has 2 fully saturated rings. The molecule has 20 heavy (non-hydrogen) atoms. The Morgan fingerprint density at radius 3 is 2.55 bits per heavy atom. The van der Waals surface area contributed by atoms with E-state index in [0.717, 1.165) is 36.2 Å². The van der Waals surface area contributed by atoms with Crippen LogP contribution in [-0.2, 0) is 6.42 Å². The van der Waals surface area contributed by atoms with Crippen molar-refractivity contribution in [3.05, 3.63) is 28.8 Å². The molecular formula is C17H24ClNO. The fraction of sp³-hybridized carbons (Fsp3) is 0.647. The Morgan fingerprint density at radius 1 is 1.10 bits per heavy atom. The zero-order valence-electron chi connectivity index (χ0n) is 12.0. The van der Waals surface area contributed by atoms with Crippen LogP contribution in [0.25, 0.3) is 0 Å². The third-order valence-electron chi connectivity index (χ3n) is 4.58. The Bertz CT molecular complexity index is 437. The van der Waals surface area contributed by atoms with E-state index in [0.29, 0.717) is 6.10 Å². The molecule has 1 saturated heterocycles. The topological polar surface area (TPSA) is 21.3 Å². The maximum Gasteiger partial charge on any atom is 0.138 e. The SMILES string of the molecule is Clc1cc(CC2CCNCC2)ccc1OC1CCCC1. The number of nitrogens with one attached hydrogen (secondary N) is 1. The molecule has 1 saturated carbocycles. The molecular weight excluding hydrogens is 270 g/mol. The molecule has 1 aliphatic heterocycles. The molecule has 3 heteroatoms. The van der Waals surface area contributed by atoms with Gasteiger partial charge in [0.2, 0.25) is 0 Å². The van der Waals surface area contributed by atoms with Crippen LogP contribution in [0.5, 0.6) is 5.75 Å². The van der Waals surface area contributed by atoms with E-state index in [2.05, 4.69) is 23.5 Å². The van der Waals surface area contributed by atoms with Gasteiger partial charge in [-0.2, -0.15) is 0 Å². The molecule has 1 heterocycles. The van der Waals surface area contributed by atoms with E-state index in [1.54, 1.807) is 0 Å². The molecule has 0 atom stereocenters. The van der Waals surface area contributed by atoms with E-state index in [-0.39, 0.29) is 0 Å². The molecule has 1 aliphatic carbocycles. The first-order valence-corrected chi connectivity index (χ1v) is 8.35. The summed E-state index contributed by atoms with van der Waals surface area (Å²) in [7, 11) is 0. The molecule has 3 rings (SSSR count). The fourth-order valence-corrected chi connectivity index (χ4v) is 3.62. The lowest BCUT2D eigenvalue weighted by molar-refractivity contribution is 0.210. The Labute approximate surface area is 126 Å². The second kappa shape index (κ2) is 6.82. The second-order valence-corrected chi connectivity index (χ2v) is 6.59. The first-order valence-electron chi connectivity index (χ1n) is 7.97. The standard InChI is InChI=1S/C17H24ClNO/c18-16-12-14(11-13-7-9-19-10-8-13)5-6-17(16)20-15-3-1-2-4-15/h5-6,12-13,15,19H,1-4,7-11H2. The molecule has 0 radical (unpaired) electrons. The van der Waals surface area contributed by atoms with Gasteiger partial charge in [-0.25, -0.2) is 0 Å². The molecule has 0 aromatic heterocycles. The number of benzene rings is 1. The first-order chi connectivity index (χ1) is 9.81. The van der Waals surface area contributed by atoms with Crippen molar-refractivity contribution >= 4 is 11.6 Å². The molecule has 0 spiro atoms. The number of piperidine rings is 1. The lowest BCUT2D eigenvalue weighted by Crippen LogP contribution is -2.28. The summed E-state index contributed by atoms with van der Waals surface area (Å²) in [5.74, 6) is 1.67. The summed E-state index contributed by atoms with van der Waals surface area (Å²) in [5, 5.41) is 4.20. The lowest BCUT2D eigenvalue weighted by atomic mass is 9.91. The van der Waals surface area contributed by atoms with Crippen molar-refractivity contribution < 1.29 is 4.74 Å². The van der Waals surface area contributed by atoms with Gasteiger partial charge in [0.25, 0.3) is 0 Å². The van der Waals surface area contributed by atoms with Crippen LogP contribution in [0.15, 0.2) is 18.2 Å². The van der Waals surface area contributed by atoms with Crippen LogP contribution in [-0.4, -0.2) is 19.2 Å². The van der Waals surface area contributed by atoms with Crippen LogP contribution in [0, 0.1) is 5.92 Å². The number of rotatable bonds is 4. The van der Waals surface area contributed by atoms with Crippen molar-refractivity contribution in [2.45, 2.75) is 51.0 Å². The quantitative estimate of drug-likeness (QED) is 0.898. The van der Waals surface area contributed by atoms with E-state index >= 15 is 0 Å². The monoisotopic (exact) mass is 293 g/mol. The van der Waals surface area contributed by atoms with Crippen molar-refractivity contribution in [3.63, 3.8) is 0 Å². The molecule has 2 nitrogen and oxygen atoms in total. The van der Waals surface area contributed by atoms with Gasteiger partial charge in [-0.15, -0.1) is 0 Å². The molecule has 2 aliphatic rings. The number of ether oxygens (including phenoxy) is 1. The van der Waals surface area contributed by atoms with Gasteiger partial charge in [-0.05, 0) is 81.6 Å². The van der Waals surface area contributed by atoms with Crippen LogP contribution in [0.3, 0.4) is 0 Å². The van der Waals surface area contributed by atoms with Gasteiger partial charge in [0.15, 0.2) is 0 Å². The third-order valence-corrected chi connectivity index (χ3v) is 4.87. The third kappa shape index (κ3) is 3.67. The summed E-state index contributed by atoms with van der Waals surface area (Å²) in [6, 6.07) is 6.36. The maximum atomic E-state index is 6.39. The molecule has 1 aromatic carbocycles. The Morgan fingerprint density at radius 2 is 1.85 bits per heavy atom. The van der Waals surface area contributed by atoms with Crippen LogP contribution >= 0.6 is 11.6 Å². The van der Waals surface area contributed by atoms with Crippen molar-refractivity contribution in [2.24, 2.45) is 5.92 Å². The molecule has 110 valence electrons. The van der Waals surface area contributed by atoms with Crippen LogP contribution in [0.1, 0.15) is 44.1 Å². The van der Waals surface area contributed by atoms with E-state index < -0.39 is 0 Å². The summed E-state index contributed by atoms with van der Waals surface area (Å²) in [5.41, 5.74) is 1.35. The average Bonchev–Trinajstić information content (AvgIpc) is 2.96. The molecule has 1 aromatic rings. The Balaban J connectivity index is 1.60. The number of hydrogen-bond acceptors (Lipinski definition) is 2. The predicted octanol–water partition coefficient (Wildman–Crippen LogP) is 4.20. The van der Waals surface area contributed by atoms with E-state index in [9.17, 15) is 0 Å². The van der Waals surface area contributed by atoms with E-state index in [4.69, 9.17) is 16.3 Å². The Kier molecular flexibility index (Phi) is 4.85. The summed E-state index contributed by atoms with van der Waals surface area (Å²) in [6.45, 7) is 2.31. The van der Waals surface area contributed by atoms with Crippen LogP contribution < -0.4 is 10.1 Å². The zero-order valence-corrected chi connectivity index (χ0v) is 12.8. The first kappa shape index (κ1) is 14.2. The summed E-state index contributed by atoms with van der Waals surface area (Å²) >= 11 is 6.39. The minimum absolute atomic E-state index is 0.378. The molecule has 1 N–H and O–H groups in total. The summed E-state index contributed by atoms with van der Waals surface area (Å²) < 4.78 is 6.01. The minimum Gasteiger partial charge on any atom is -0.489 e. The molecule has 0 amide bonds. The molecule has 0 bridgehead atoms. The highest BCUT2D eigenvalue weighted by atomic mass is 35.5. The van der Waals surface area contributed by atoms with Crippen LogP contribution in [0.4, 0.5) is 0 Å². The zero-order chi connectivity index (χ0) is 13.8. The normalized spacial score (nSPS) is 21.2. The van der Waals surface area contributed by atoms with Gasteiger partial charge < -0.3 is 10.1 Å². The van der Waals surface area contributed by atoms with Crippen molar-refractivity contribution in [3.8, 4) is 5.75 Å². The summed E-state index contributed by atoms with van der Waals surface area (Å²) in [4.78, 5) is 0. The predicted molar refractivity (Wildman–Crippen MR) is 83.6 cm³/mol. The lowest BCUT2D eigenvalue weighted by Gasteiger charge is -2.23. The highest BCUT2D eigenvalue weighted by Gasteiger charge is 2.18. The summed E-state index contributed by atoms with van der Waals surface area (Å²) in [6.07, 6.45) is 9.00. The Hall–Kier alpha value is -0.730. The number of hydrogen-bond donors (Lipinski definition) is 1. The average molecular weight is 294 g/mol.